The van der Waals surface area contributed by atoms with Crippen LogP contribution in [-0.2, 0) is 4.79 Å². The van der Waals surface area contributed by atoms with Crippen LogP contribution >= 0.6 is 11.6 Å². The van der Waals surface area contributed by atoms with Gasteiger partial charge in [-0.1, -0.05) is 11.6 Å². The van der Waals surface area contributed by atoms with Crippen molar-refractivity contribution in [1.82, 2.24) is 9.88 Å². The number of aromatic nitrogens is 1. The van der Waals surface area contributed by atoms with E-state index in [1.807, 2.05) is 12.1 Å². The second kappa shape index (κ2) is 9.23. The second-order valence-electron chi connectivity index (χ2n) is 6.49. The fraction of sp³-hybridized carbons (Fsp3) is 0.250. The van der Waals surface area contributed by atoms with Gasteiger partial charge in [0.05, 0.1) is 0 Å². The summed E-state index contributed by atoms with van der Waals surface area (Å²) in [6, 6.07) is 10.8. The topological polar surface area (TPSA) is 94.6 Å². The molecule has 0 atom stereocenters. The zero-order valence-corrected chi connectivity index (χ0v) is 15.9. The monoisotopic (exact) mass is 400 g/mol. The van der Waals surface area contributed by atoms with Crippen LogP contribution in [0.2, 0.25) is 5.02 Å². The SMILES string of the molecule is O=C(O)/C=C/c1ccc(NC2CCN(C(=O)Nc3ccc(Cl)cc3)CC2)nc1. The number of piperidine rings is 1. The molecule has 146 valence electrons. The van der Waals surface area contributed by atoms with Crippen LogP contribution in [0.5, 0.6) is 0 Å². The third-order valence-electron chi connectivity index (χ3n) is 4.43. The Labute approximate surface area is 168 Å². The first kappa shape index (κ1) is 19.7. The maximum Gasteiger partial charge on any atom is 0.328 e. The fourth-order valence-corrected chi connectivity index (χ4v) is 3.05. The van der Waals surface area contributed by atoms with Gasteiger partial charge in [0.1, 0.15) is 5.82 Å². The first-order valence-corrected chi connectivity index (χ1v) is 9.32. The maximum atomic E-state index is 12.4. The van der Waals surface area contributed by atoms with Crippen molar-refractivity contribution >= 4 is 41.2 Å². The predicted molar refractivity (Wildman–Crippen MR) is 110 cm³/mol. The number of amides is 2. The van der Waals surface area contributed by atoms with E-state index < -0.39 is 5.97 Å². The molecule has 28 heavy (non-hydrogen) atoms. The number of carboxylic acid groups (broad SMARTS) is 1. The molecule has 1 saturated heterocycles. The van der Waals surface area contributed by atoms with E-state index in [2.05, 4.69) is 15.6 Å². The van der Waals surface area contributed by atoms with Gasteiger partial charge in [-0.15, -0.1) is 0 Å². The summed E-state index contributed by atoms with van der Waals surface area (Å²) >= 11 is 5.85. The average Bonchev–Trinajstić information content (AvgIpc) is 2.69. The van der Waals surface area contributed by atoms with Gasteiger partial charge in [0, 0.05) is 42.1 Å². The van der Waals surface area contributed by atoms with Crippen molar-refractivity contribution in [3.63, 3.8) is 0 Å². The molecule has 0 aliphatic carbocycles. The molecule has 3 rings (SSSR count). The highest BCUT2D eigenvalue weighted by Gasteiger charge is 2.23. The Morgan fingerprint density at radius 2 is 1.86 bits per heavy atom. The molecule has 0 spiro atoms. The minimum atomic E-state index is -0.992. The van der Waals surface area contributed by atoms with Crippen LogP contribution in [0.3, 0.4) is 0 Å². The van der Waals surface area contributed by atoms with Crippen LogP contribution in [-0.4, -0.2) is 46.1 Å². The smallest absolute Gasteiger partial charge is 0.328 e. The number of hydrogen-bond donors (Lipinski definition) is 3. The van der Waals surface area contributed by atoms with E-state index in [4.69, 9.17) is 16.7 Å². The van der Waals surface area contributed by atoms with Crippen LogP contribution in [0.25, 0.3) is 6.08 Å². The van der Waals surface area contributed by atoms with E-state index in [1.165, 1.54) is 6.08 Å². The lowest BCUT2D eigenvalue weighted by atomic mass is 10.1. The molecule has 0 saturated carbocycles. The Bertz CT molecular complexity index is 845. The molecule has 3 N–H and O–H groups in total. The Kier molecular flexibility index (Phi) is 6.49. The highest BCUT2D eigenvalue weighted by Crippen LogP contribution is 2.18. The van der Waals surface area contributed by atoms with Crippen molar-refractivity contribution in [2.75, 3.05) is 23.7 Å². The standard InChI is InChI=1S/C20H21ClN4O3/c21-15-3-5-16(6-4-15)24-20(28)25-11-9-17(10-12-25)23-18-7-1-14(13-22-18)2-8-19(26)27/h1-8,13,17H,9-12H2,(H,22,23)(H,24,28)(H,26,27)/b8-2+. The Morgan fingerprint density at radius 1 is 1.14 bits per heavy atom. The number of likely N-dealkylation sites (tertiary alicyclic amines) is 1. The molecule has 1 aliphatic rings. The molecule has 0 unspecified atom stereocenters. The number of aliphatic carboxylic acids is 1. The van der Waals surface area contributed by atoms with Crippen molar-refractivity contribution in [2.45, 2.75) is 18.9 Å². The molecule has 1 aromatic carbocycles. The zero-order chi connectivity index (χ0) is 19.9. The minimum Gasteiger partial charge on any atom is -0.478 e. The molecule has 1 aliphatic heterocycles. The van der Waals surface area contributed by atoms with Gasteiger partial charge in [-0.05, 0) is 60.9 Å². The molecule has 2 amide bonds. The van der Waals surface area contributed by atoms with Gasteiger partial charge in [-0.2, -0.15) is 0 Å². The van der Waals surface area contributed by atoms with E-state index in [0.717, 1.165) is 36.0 Å². The van der Waals surface area contributed by atoms with Crippen molar-refractivity contribution in [3.8, 4) is 0 Å². The summed E-state index contributed by atoms with van der Waals surface area (Å²) in [5.74, 6) is -0.259. The van der Waals surface area contributed by atoms with Crippen molar-refractivity contribution in [1.29, 1.82) is 0 Å². The second-order valence-corrected chi connectivity index (χ2v) is 6.93. The summed E-state index contributed by atoms with van der Waals surface area (Å²) < 4.78 is 0. The average molecular weight is 401 g/mol. The third kappa shape index (κ3) is 5.72. The summed E-state index contributed by atoms with van der Waals surface area (Å²) in [5, 5.41) is 15.5. The molecule has 7 nitrogen and oxygen atoms in total. The number of halogens is 1. The van der Waals surface area contributed by atoms with E-state index in [9.17, 15) is 9.59 Å². The molecule has 1 fully saturated rings. The molecule has 1 aromatic heterocycles. The number of anilines is 2. The maximum absolute atomic E-state index is 12.4. The molecular weight excluding hydrogens is 380 g/mol. The lowest BCUT2D eigenvalue weighted by molar-refractivity contribution is -0.131. The number of nitrogens with zero attached hydrogens (tertiary/aromatic N) is 2. The van der Waals surface area contributed by atoms with Gasteiger partial charge in [0.15, 0.2) is 0 Å². The van der Waals surface area contributed by atoms with E-state index in [0.29, 0.717) is 18.1 Å². The summed E-state index contributed by atoms with van der Waals surface area (Å²) in [5.41, 5.74) is 1.44. The van der Waals surface area contributed by atoms with Crippen molar-refractivity contribution in [2.24, 2.45) is 0 Å². The Hall–Kier alpha value is -3.06. The predicted octanol–water partition coefficient (Wildman–Crippen LogP) is 3.94. The number of benzene rings is 1. The van der Waals surface area contributed by atoms with Gasteiger partial charge in [0.25, 0.3) is 0 Å². The number of nitrogens with one attached hydrogen (secondary N) is 2. The molecule has 0 radical (unpaired) electrons. The van der Waals surface area contributed by atoms with Gasteiger partial charge >= 0.3 is 12.0 Å². The zero-order valence-electron chi connectivity index (χ0n) is 15.1. The first-order chi connectivity index (χ1) is 13.5. The number of carbonyl (C=O) groups excluding carboxylic acids is 1. The Balaban J connectivity index is 1.46. The number of pyridine rings is 1. The van der Waals surface area contributed by atoms with Crippen LogP contribution in [0, 0.1) is 0 Å². The quantitative estimate of drug-likeness (QED) is 0.661. The van der Waals surface area contributed by atoms with Crippen LogP contribution in [0.1, 0.15) is 18.4 Å². The fourth-order valence-electron chi connectivity index (χ4n) is 2.93. The first-order valence-electron chi connectivity index (χ1n) is 8.95. The molecule has 2 aromatic rings. The number of urea groups is 1. The Morgan fingerprint density at radius 3 is 2.46 bits per heavy atom. The van der Waals surface area contributed by atoms with Gasteiger partial charge in [0.2, 0.25) is 0 Å². The van der Waals surface area contributed by atoms with Crippen LogP contribution in [0.15, 0.2) is 48.7 Å². The van der Waals surface area contributed by atoms with Crippen LogP contribution in [0.4, 0.5) is 16.3 Å². The van der Waals surface area contributed by atoms with Crippen molar-refractivity contribution < 1.29 is 14.7 Å². The summed E-state index contributed by atoms with van der Waals surface area (Å²) in [4.78, 5) is 29.0. The lowest BCUT2D eigenvalue weighted by Gasteiger charge is -2.32. The number of hydrogen-bond acceptors (Lipinski definition) is 4. The normalized spacial score (nSPS) is 14.8. The van der Waals surface area contributed by atoms with Crippen molar-refractivity contribution in [3.05, 3.63) is 59.3 Å². The minimum absolute atomic E-state index is 0.117. The highest BCUT2D eigenvalue weighted by molar-refractivity contribution is 6.30. The van der Waals surface area contributed by atoms with Crippen LogP contribution < -0.4 is 10.6 Å². The number of carbonyl (C=O) groups is 2. The lowest BCUT2D eigenvalue weighted by Crippen LogP contribution is -2.44. The molecule has 2 heterocycles. The molecule has 0 bridgehead atoms. The van der Waals surface area contributed by atoms with E-state index in [1.54, 1.807) is 35.4 Å². The molecule has 8 heteroatoms. The number of rotatable bonds is 5. The van der Waals surface area contributed by atoms with E-state index >= 15 is 0 Å². The third-order valence-corrected chi connectivity index (χ3v) is 4.69. The molecular formula is C20H21ClN4O3. The number of carboxylic acids is 1. The van der Waals surface area contributed by atoms with Gasteiger partial charge in [-0.3, -0.25) is 0 Å². The largest absolute Gasteiger partial charge is 0.478 e. The summed E-state index contributed by atoms with van der Waals surface area (Å²) in [6.07, 6.45) is 5.83. The van der Waals surface area contributed by atoms with Gasteiger partial charge in [-0.25, -0.2) is 14.6 Å². The van der Waals surface area contributed by atoms with E-state index in [-0.39, 0.29) is 12.1 Å². The summed E-state index contributed by atoms with van der Waals surface area (Å²) in [6.45, 7) is 1.30. The highest BCUT2D eigenvalue weighted by atomic mass is 35.5. The van der Waals surface area contributed by atoms with Gasteiger partial charge < -0.3 is 20.6 Å². The summed E-state index contributed by atoms with van der Waals surface area (Å²) in [7, 11) is 0.